The average molecular weight is 549 g/mol. The molecule has 0 unspecified atom stereocenters. The summed E-state index contributed by atoms with van der Waals surface area (Å²) in [6, 6.07) is 29.5. The van der Waals surface area contributed by atoms with E-state index in [1.165, 1.54) is 20.4 Å². The number of hydrogen-bond donors (Lipinski definition) is 1. The number of hydrogen-bond acceptors (Lipinski definition) is 7. The third-order valence-electron chi connectivity index (χ3n) is 6.52. The normalized spacial score (nSPS) is 11.8. The molecule has 8 heteroatoms. The standard InChI is InChI=1S/C33H28N2O6/c1-21(40-26-15-12-22-8-4-5-10-24(22)18-26)32(36)35-34-20-28-27-11-7-6-9-23(27)13-16-29(28)41-33(37)25-14-17-30(38-2)31(19-25)39-3/h4-21H,1-3H3,(H,35,36)/b34-20-/t21-/m0/s1. The molecule has 8 nitrogen and oxygen atoms in total. The number of nitrogens with zero attached hydrogens (tertiary/aromatic N) is 1. The van der Waals surface area contributed by atoms with Gasteiger partial charge in [0.15, 0.2) is 17.6 Å². The fourth-order valence-corrected chi connectivity index (χ4v) is 4.37. The highest BCUT2D eigenvalue weighted by Gasteiger charge is 2.17. The summed E-state index contributed by atoms with van der Waals surface area (Å²) in [5.74, 6) is 0.744. The molecule has 0 bridgehead atoms. The first-order valence-corrected chi connectivity index (χ1v) is 12.9. The number of hydrazone groups is 1. The zero-order valence-corrected chi connectivity index (χ0v) is 22.8. The van der Waals surface area contributed by atoms with Crippen molar-refractivity contribution in [3.05, 3.63) is 108 Å². The number of esters is 1. The second-order valence-electron chi connectivity index (χ2n) is 9.16. The van der Waals surface area contributed by atoms with Crippen LogP contribution in [0, 0.1) is 0 Å². The van der Waals surface area contributed by atoms with Crippen LogP contribution >= 0.6 is 0 Å². The van der Waals surface area contributed by atoms with Crippen molar-refractivity contribution >= 4 is 39.6 Å². The third-order valence-corrected chi connectivity index (χ3v) is 6.52. The second-order valence-corrected chi connectivity index (χ2v) is 9.16. The van der Waals surface area contributed by atoms with Gasteiger partial charge >= 0.3 is 5.97 Å². The molecular weight excluding hydrogens is 520 g/mol. The van der Waals surface area contributed by atoms with Crippen LogP contribution in [-0.2, 0) is 4.79 Å². The van der Waals surface area contributed by atoms with Gasteiger partial charge in [0.05, 0.1) is 26.0 Å². The van der Waals surface area contributed by atoms with E-state index in [2.05, 4.69) is 10.5 Å². The van der Waals surface area contributed by atoms with E-state index < -0.39 is 18.0 Å². The minimum Gasteiger partial charge on any atom is -0.493 e. The summed E-state index contributed by atoms with van der Waals surface area (Å²) in [5.41, 5.74) is 3.34. The summed E-state index contributed by atoms with van der Waals surface area (Å²) in [7, 11) is 3.01. The van der Waals surface area contributed by atoms with E-state index in [1.54, 1.807) is 31.2 Å². The molecule has 0 saturated carbocycles. The van der Waals surface area contributed by atoms with Gasteiger partial charge in [-0.3, -0.25) is 4.79 Å². The first-order chi connectivity index (χ1) is 20.0. The van der Waals surface area contributed by atoms with Gasteiger partial charge in [0, 0.05) is 5.56 Å². The molecule has 0 aliphatic heterocycles. The number of ether oxygens (including phenoxy) is 4. The van der Waals surface area contributed by atoms with Crippen molar-refractivity contribution in [1.82, 2.24) is 5.43 Å². The lowest BCUT2D eigenvalue weighted by molar-refractivity contribution is -0.127. The quantitative estimate of drug-likeness (QED) is 0.103. The van der Waals surface area contributed by atoms with Crippen LogP contribution in [0.2, 0.25) is 0 Å². The molecule has 5 aromatic carbocycles. The molecule has 1 amide bonds. The highest BCUT2D eigenvalue weighted by Crippen LogP contribution is 2.30. The Morgan fingerprint density at radius 2 is 1.44 bits per heavy atom. The van der Waals surface area contributed by atoms with E-state index in [0.717, 1.165) is 21.5 Å². The molecule has 0 aromatic heterocycles. The second kappa shape index (κ2) is 12.2. The van der Waals surface area contributed by atoms with Crippen molar-refractivity contribution < 1.29 is 28.5 Å². The Balaban J connectivity index is 1.33. The van der Waals surface area contributed by atoms with Crippen molar-refractivity contribution in [2.45, 2.75) is 13.0 Å². The van der Waals surface area contributed by atoms with Crippen molar-refractivity contribution in [2.75, 3.05) is 14.2 Å². The Hall–Kier alpha value is -5.37. The fraction of sp³-hybridized carbons (Fsp3) is 0.121. The topological polar surface area (TPSA) is 95.5 Å². The van der Waals surface area contributed by atoms with Gasteiger partial charge in [-0.25, -0.2) is 10.2 Å². The summed E-state index contributed by atoms with van der Waals surface area (Å²) in [5, 5.41) is 7.97. The minimum atomic E-state index is -0.803. The maximum atomic E-state index is 13.0. The number of methoxy groups -OCH3 is 2. The van der Waals surface area contributed by atoms with Crippen molar-refractivity contribution in [1.29, 1.82) is 0 Å². The van der Waals surface area contributed by atoms with E-state index in [1.807, 2.05) is 72.8 Å². The van der Waals surface area contributed by atoms with Gasteiger partial charge in [0.25, 0.3) is 5.91 Å². The number of fused-ring (bicyclic) bond motifs is 2. The summed E-state index contributed by atoms with van der Waals surface area (Å²) < 4.78 is 22.2. The average Bonchev–Trinajstić information content (AvgIpc) is 3.01. The number of carbonyl (C=O) groups is 2. The maximum Gasteiger partial charge on any atom is 0.343 e. The molecule has 0 aliphatic carbocycles. The van der Waals surface area contributed by atoms with Crippen LogP contribution in [0.5, 0.6) is 23.0 Å². The van der Waals surface area contributed by atoms with Crippen LogP contribution in [0.15, 0.2) is 102 Å². The van der Waals surface area contributed by atoms with Gasteiger partial charge < -0.3 is 18.9 Å². The summed E-state index contributed by atoms with van der Waals surface area (Å²) in [4.78, 5) is 25.8. The number of amides is 1. The number of carbonyl (C=O) groups excluding carboxylic acids is 2. The highest BCUT2D eigenvalue weighted by molar-refractivity contribution is 6.04. The van der Waals surface area contributed by atoms with E-state index in [-0.39, 0.29) is 11.3 Å². The summed E-state index contributed by atoms with van der Waals surface area (Å²) in [6.45, 7) is 1.65. The van der Waals surface area contributed by atoms with E-state index in [0.29, 0.717) is 22.8 Å². The lowest BCUT2D eigenvalue weighted by Crippen LogP contribution is -2.33. The van der Waals surface area contributed by atoms with Crippen LogP contribution < -0.4 is 24.4 Å². The summed E-state index contributed by atoms with van der Waals surface area (Å²) >= 11 is 0. The molecule has 0 heterocycles. The van der Waals surface area contributed by atoms with Crippen LogP contribution in [0.25, 0.3) is 21.5 Å². The molecule has 1 atom stereocenters. The molecule has 0 aliphatic rings. The van der Waals surface area contributed by atoms with Crippen molar-refractivity contribution in [3.63, 3.8) is 0 Å². The predicted octanol–water partition coefficient (Wildman–Crippen LogP) is 6.15. The molecule has 41 heavy (non-hydrogen) atoms. The highest BCUT2D eigenvalue weighted by atomic mass is 16.5. The Morgan fingerprint density at radius 3 is 2.22 bits per heavy atom. The molecule has 0 spiro atoms. The number of rotatable bonds is 9. The Kier molecular flexibility index (Phi) is 8.10. The van der Waals surface area contributed by atoms with Gasteiger partial charge in [-0.2, -0.15) is 5.10 Å². The molecule has 5 rings (SSSR count). The SMILES string of the molecule is COc1ccc(C(=O)Oc2ccc3ccccc3c2/C=N\NC(=O)[C@H](C)Oc2ccc3ccccc3c2)cc1OC. The fourth-order valence-electron chi connectivity index (χ4n) is 4.37. The molecule has 0 saturated heterocycles. The monoisotopic (exact) mass is 548 g/mol. The van der Waals surface area contributed by atoms with Gasteiger partial charge in [0.1, 0.15) is 11.5 Å². The lowest BCUT2D eigenvalue weighted by atomic mass is 10.0. The Morgan fingerprint density at radius 1 is 0.756 bits per heavy atom. The molecule has 1 N–H and O–H groups in total. The van der Waals surface area contributed by atoms with Crippen LogP contribution in [-0.4, -0.2) is 38.4 Å². The lowest BCUT2D eigenvalue weighted by Gasteiger charge is -2.14. The van der Waals surface area contributed by atoms with Gasteiger partial charge in [-0.1, -0.05) is 60.7 Å². The zero-order chi connectivity index (χ0) is 28.8. The Bertz CT molecular complexity index is 1760. The predicted molar refractivity (Wildman–Crippen MR) is 158 cm³/mol. The van der Waals surface area contributed by atoms with E-state index in [4.69, 9.17) is 18.9 Å². The van der Waals surface area contributed by atoms with Crippen LogP contribution in [0.3, 0.4) is 0 Å². The minimum absolute atomic E-state index is 0.280. The molecule has 0 fully saturated rings. The van der Waals surface area contributed by atoms with Gasteiger partial charge in [-0.15, -0.1) is 0 Å². The number of nitrogens with one attached hydrogen (secondary N) is 1. The molecule has 5 aromatic rings. The van der Waals surface area contributed by atoms with E-state index >= 15 is 0 Å². The van der Waals surface area contributed by atoms with Gasteiger partial charge in [-0.05, 0) is 64.9 Å². The maximum absolute atomic E-state index is 13.0. The van der Waals surface area contributed by atoms with Crippen LogP contribution in [0.1, 0.15) is 22.8 Å². The molecular formula is C33H28N2O6. The van der Waals surface area contributed by atoms with Crippen molar-refractivity contribution in [3.8, 4) is 23.0 Å². The van der Waals surface area contributed by atoms with Crippen molar-refractivity contribution in [2.24, 2.45) is 5.10 Å². The zero-order valence-electron chi connectivity index (χ0n) is 22.8. The van der Waals surface area contributed by atoms with Gasteiger partial charge in [0.2, 0.25) is 0 Å². The first kappa shape index (κ1) is 27.2. The molecule has 206 valence electrons. The van der Waals surface area contributed by atoms with Crippen LogP contribution in [0.4, 0.5) is 0 Å². The largest absolute Gasteiger partial charge is 0.493 e. The molecule has 0 radical (unpaired) electrons. The summed E-state index contributed by atoms with van der Waals surface area (Å²) in [6.07, 6.45) is 0.656. The smallest absolute Gasteiger partial charge is 0.343 e. The Labute approximate surface area is 237 Å². The first-order valence-electron chi connectivity index (χ1n) is 12.9. The third kappa shape index (κ3) is 6.12. The van der Waals surface area contributed by atoms with E-state index in [9.17, 15) is 9.59 Å². The number of benzene rings is 5.